The topological polar surface area (TPSA) is 99.2 Å². The summed E-state index contributed by atoms with van der Waals surface area (Å²) in [5.41, 5.74) is 1.63. The Bertz CT molecular complexity index is 1080. The molecular weight excluding hydrogens is 336 g/mol. The molecule has 26 heavy (non-hydrogen) atoms. The number of fused-ring (bicyclic) bond motifs is 3. The van der Waals surface area contributed by atoms with Crippen molar-refractivity contribution in [2.45, 2.75) is 6.92 Å². The molecular formula is C18H14N4O4. The summed E-state index contributed by atoms with van der Waals surface area (Å²) < 4.78 is 15.7. The molecule has 130 valence electrons. The van der Waals surface area contributed by atoms with E-state index in [1.54, 1.807) is 37.6 Å². The Balaban J connectivity index is 1.79. The molecule has 0 saturated carbocycles. The first-order valence-electron chi connectivity index (χ1n) is 7.94. The molecule has 1 N–H and O–H groups in total. The second-order valence-electron chi connectivity index (χ2n) is 5.29. The molecule has 0 aliphatic carbocycles. The third-order valence-electron chi connectivity index (χ3n) is 3.64. The molecule has 3 aromatic heterocycles. The van der Waals surface area contributed by atoms with E-state index >= 15 is 0 Å². The van der Waals surface area contributed by atoms with Crippen LogP contribution in [-0.4, -0.2) is 32.7 Å². The van der Waals surface area contributed by atoms with Crippen molar-refractivity contribution in [3.05, 3.63) is 48.9 Å². The number of carbonyl (C=O) groups is 1. The average Bonchev–Trinajstić information content (AvgIpc) is 3.02. The molecule has 4 rings (SSSR count). The molecule has 0 spiro atoms. The zero-order valence-electron chi connectivity index (χ0n) is 13.8. The second-order valence-corrected chi connectivity index (χ2v) is 5.29. The van der Waals surface area contributed by atoms with Crippen molar-refractivity contribution in [2.24, 2.45) is 0 Å². The van der Waals surface area contributed by atoms with Gasteiger partial charge < -0.3 is 19.2 Å². The van der Waals surface area contributed by atoms with Gasteiger partial charge in [-0.2, -0.15) is 0 Å². The van der Waals surface area contributed by atoms with Gasteiger partial charge >= 0.3 is 12.2 Å². The first-order chi connectivity index (χ1) is 12.7. The number of nitrogens with one attached hydrogen (secondary N) is 1. The number of rotatable bonds is 4. The number of carbonyl (C=O) groups excluding carboxylic acids is 1. The number of hydrogen-bond donors (Lipinski definition) is 1. The number of H-pyrrole nitrogens is 1. The van der Waals surface area contributed by atoms with Gasteiger partial charge in [-0.25, -0.2) is 19.7 Å². The Morgan fingerprint density at radius 2 is 1.96 bits per heavy atom. The lowest BCUT2D eigenvalue weighted by molar-refractivity contribution is 0.103. The van der Waals surface area contributed by atoms with Crippen molar-refractivity contribution in [1.82, 2.24) is 19.9 Å². The minimum atomic E-state index is -0.798. The fourth-order valence-corrected chi connectivity index (χ4v) is 2.61. The van der Waals surface area contributed by atoms with Crippen molar-refractivity contribution in [1.29, 1.82) is 0 Å². The minimum Gasteiger partial charge on any atom is -0.434 e. The van der Waals surface area contributed by atoms with Crippen LogP contribution in [0.1, 0.15) is 6.92 Å². The first kappa shape index (κ1) is 15.8. The van der Waals surface area contributed by atoms with Crippen LogP contribution in [0.5, 0.6) is 17.6 Å². The van der Waals surface area contributed by atoms with E-state index in [0.29, 0.717) is 5.75 Å². The summed E-state index contributed by atoms with van der Waals surface area (Å²) >= 11 is 0. The summed E-state index contributed by atoms with van der Waals surface area (Å²) in [5, 5.41) is 1.60. The summed E-state index contributed by atoms with van der Waals surface area (Å²) in [6.07, 6.45) is 4.00. The van der Waals surface area contributed by atoms with Gasteiger partial charge in [0.2, 0.25) is 5.88 Å². The zero-order valence-corrected chi connectivity index (χ0v) is 13.8. The van der Waals surface area contributed by atoms with Gasteiger partial charge in [-0.15, -0.1) is 0 Å². The molecule has 0 aliphatic rings. The van der Waals surface area contributed by atoms with E-state index in [2.05, 4.69) is 19.9 Å². The lowest BCUT2D eigenvalue weighted by atomic mass is 10.1. The van der Waals surface area contributed by atoms with Crippen LogP contribution in [0.4, 0.5) is 4.79 Å². The molecule has 0 bridgehead atoms. The predicted octanol–water partition coefficient (Wildman–Crippen LogP) is 3.83. The Morgan fingerprint density at radius 1 is 1.12 bits per heavy atom. The summed E-state index contributed by atoms with van der Waals surface area (Å²) in [4.78, 5) is 27.1. The van der Waals surface area contributed by atoms with Crippen LogP contribution in [0.15, 0.2) is 48.9 Å². The highest BCUT2D eigenvalue weighted by Crippen LogP contribution is 2.35. The predicted molar refractivity (Wildman–Crippen MR) is 93.4 cm³/mol. The highest BCUT2D eigenvalue weighted by Gasteiger charge is 2.14. The van der Waals surface area contributed by atoms with Crippen LogP contribution < -0.4 is 9.47 Å². The van der Waals surface area contributed by atoms with E-state index < -0.39 is 6.16 Å². The van der Waals surface area contributed by atoms with Gasteiger partial charge in [-0.1, -0.05) is 6.07 Å². The van der Waals surface area contributed by atoms with Crippen LogP contribution in [0, 0.1) is 0 Å². The third-order valence-corrected chi connectivity index (χ3v) is 3.64. The monoisotopic (exact) mass is 350 g/mol. The molecule has 0 radical (unpaired) electrons. The molecule has 0 fully saturated rings. The van der Waals surface area contributed by atoms with E-state index in [1.807, 2.05) is 18.2 Å². The lowest BCUT2D eigenvalue weighted by Crippen LogP contribution is -2.10. The highest BCUT2D eigenvalue weighted by atomic mass is 16.7. The van der Waals surface area contributed by atoms with Gasteiger partial charge in [0.05, 0.1) is 29.2 Å². The van der Waals surface area contributed by atoms with E-state index in [4.69, 9.17) is 14.2 Å². The maximum absolute atomic E-state index is 11.5. The molecule has 0 unspecified atom stereocenters. The molecule has 1 aromatic carbocycles. The van der Waals surface area contributed by atoms with Gasteiger partial charge in [0, 0.05) is 23.8 Å². The second kappa shape index (κ2) is 6.67. The quantitative estimate of drug-likeness (QED) is 0.558. The molecule has 0 amide bonds. The van der Waals surface area contributed by atoms with Crippen molar-refractivity contribution in [3.8, 4) is 17.6 Å². The Hall–Kier alpha value is -3.68. The normalized spacial score (nSPS) is 10.8. The fraction of sp³-hybridized carbons (Fsp3) is 0.111. The SMILES string of the molecule is CCOC(=O)Oc1cc2c(cn1)[nH]c1cccc(Oc3ncccn3)c12. The Labute approximate surface area is 147 Å². The van der Waals surface area contributed by atoms with E-state index in [9.17, 15) is 4.79 Å². The van der Waals surface area contributed by atoms with E-state index in [0.717, 1.165) is 21.8 Å². The average molecular weight is 350 g/mol. The van der Waals surface area contributed by atoms with Crippen LogP contribution in [0.3, 0.4) is 0 Å². The summed E-state index contributed by atoms with van der Waals surface area (Å²) in [5.74, 6) is 0.718. The third kappa shape index (κ3) is 3.00. The van der Waals surface area contributed by atoms with Crippen molar-refractivity contribution >= 4 is 28.0 Å². The molecule has 8 heteroatoms. The Kier molecular flexibility index (Phi) is 4.06. The molecule has 0 saturated heterocycles. The van der Waals surface area contributed by atoms with Crippen molar-refractivity contribution in [3.63, 3.8) is 0 Å². The number of hydrogen-bond acceptors (Lipinski definition) is 7. The maximum atomic E-state index is 11.5. The summed E-state index contributed by atoms with van der Waals surface area (Å²) in [7, 11) is 0. The van der Waals surface area contributed by atoms with Gasteiger partial charge in [0.25, 0.3) is 0 Å². The van der Waals surface area contributed by atoms with Crippen LogP contribution in [-0.2, 0) is 4.74 Å². The van der Waals surface area contributed by atoms with E-state index in [-0.39, 0.29) is 18.5 Å². The number of benzene rings is 1. The van der Waals surface area contributed by atoms with Crippen LogP contribution in [0.25, 0.3) is 21.8 Å². The molecule has 0 atom stereocenters. The van der Waals surface area contributed by atoms with Crippen molar-refractivity contribution in [2.75, 3.05) is 6.61 Å². The number of ether oxygens (including phenoxy) is 3. The largest absolute Gasteiger partial charge is 0.515 e. The zero-order chi connectivity index (χ0) is 17.9. The molecule has 0 aliphatic heterocycles. The minimum absolute atomic E-state index is 0.141. The van der Waals surface area contributed by atoms with Crippen LogP contribution >= 0.6 is 0 Å². The smallest absolute Gasteiger partial charge is 0.434 e. The standard InChI is InChI=1S/C18H14N4O4/c1-2-24-18(23)26-15-9-11-13(10-21-15)22-12-5-3-6-14(16(11)12)25-17-19-7-4-8-20-17/h3-10,22H,2H2,1H3. The van der Waals surface area contributed by atoms with Gasteiger partial charge in [-0.05, 0) is 25.1 Å². The summed E-state index contributed by atoms with van der Waals surface area (Å²) in [6, 6.07) is 9.21. The van der Waals surface area contributed by atoms with Crippen molar-refractivity contribution < 1.29 is 19.0 Å². The number of aromatic nitrogens is 4. The van der Waals surface area contributed by atoms with Gasteiger partial charge in [-0.3, -0.25) is 0 Å². The van der Waals surface area contributed by atoms with Gasteiger partial charge in [0.1, 0.15) is 5.75 Å². The molecule has 4 aromatic rings. The van der Waals surface area contributed by atoms with Gasteiger partial charge in [0.15, 0.2) is 0 Å². The molecule has 8 nitrogen and oxygen atoms in total. The Morgan fingerprint density at radius 3 is 2.77 bits per heavy atom. The van der Waals surface area contributed by atoms with Crippen LogP contribution in [0.2, 0.25) is 0 Å². The highest BCUT2D eigenvalue weighted by molar-refractivity contribution is 6.10. The summed E-state index contributed by atoms with van der Waals surface area (Å²) in [6.45, 7) is 1.93. The number of aromatic amines is 1. The maximum Gasteiger partial charge on any atom is 0.515 e. The molecule has 3 heterocycles. The van der Waals surface area contributed by atoms with E-state index in [1.165, 1.54) is 0 Å². The fourth-order valence-electron chi connectivity index (χ4n) is 2.61. The number of pyridine rings is 1. The number of nitrogens with zero attached hydrogens (tertiary/aromatic N) is 3. The first-order valence-corrected chi connectivity index (χ1v) is 7.94. The lowest BCUT2D eigenvalue weighted by Gasteiger charge is -2.06.